The number of methoxy groups -OCH3 is 1. The number of amides is 3. The Morgan fingerprint density at radius 2 is 1.41 bits per heavy atom. The first-order chi connectivity index (χ1) is 16.3. The van der Waals surface area contributed by atoms with Gasteiger partial charge in [0, 0.05) is 17.8 Å². The molecule has 0 aliphatic heterocycles. The van der Waals surface area contributed by atoms with Crippen LogP contribution in [0.25, 0.3) is 0 Å². The Labute approximate surface area is 195 Å². The van der Waals surface area contributed by atoms with Crippen LogP contribution in [0.3, 0.4) is 0 Å². The molecule has 0 bridgehead atoms. The van der Waals surface area contributed by atoms with Gasteiger partial charge < -0.3 is 20.3 Å². The summed E-state index contributed by atoms with van der Waals surface area (Å²) in [5.74, 6) is -1.82. The van der Waals surface area contributed by atoms with Gasteiger partial charge in [0.1, 0.15) is 23.9 Å². The molecule has 3 aromatic carbocycles. The Morgan fingerprint density at radius 3 is 2.00 bits per heavy atom. The molecule has 176 valence electrons. The van der Waals surface area contributed by atoms with E-state index in [-0.39, 0.29) is 25.2 Å². The molecule has 3 rings (SSSR count). The second kappa shape index (κ2) is 11.6. The number of halogens is 2. The molecular weight excluding hydrogens is 444 g/mol. The summed E-state index contributed by atoms with van der Waals surface area (Å²) in [5.41, 5.74) is 1.32. The van der Waals surface area contributed by atoms with Gasteiger partial charge in [0.25, 0.3) is 5.91 Å². The maximum Gasteiger partial charge on any atom is 0.254 e. The molecule has 9 heteroatoms. The van der Waals surface area contributed by atoms with E-state index in [0.717, 1.165) is 12.1 Å². The van der Waals surface area contributed by atoms with Crippen LogP contribution in [-0.4, -0.2) is 42.8 Å². The summed E-state index contributed by atoms with van der Waals surface area (Å²) in [7, 11) is 1.53. The van der Waals surface area contributed by atoms with Gasteiger partial charge in [0.2, 0.25) is 11.8 Å². The molecule has 0 radical (unpaired) electrons. The first kappa shape index (κ1) is 24.4. The number of hydrogen-bond donors (Lipinski definition) is 2. The largest absolute Gasteiger partial charge is 0.497 e. The molecule has 3 amide bonds. The van der Waals surface area contributed by atoms with Crippen molar-refractivity contribution in [3.8, 4) is 5.75 Å². The lowest BCUT2D eigenvalue weighted by Gasteiger charge is -2.22. The highest BCUT2D eigenvalue weighted by Crippen LogP contribution is 2.15. The van der Waals surface area contributed by atoms with Gasteiger partial charge in [-0.3, -0.25) is 14.4 Å². The minimum atomic E-state index is -0.567. The summed E-state index contributed by atoms with van der Waals surface area (Å²) in [4.78, 5) is 38.9. The van der Waals surface area contributed by atoms with Crippen molar-refractivity contribution in [3.05, 3.63) is 95.6 Å². The van der Waals surface area contributed by atoms with Gasteiger partial charge in [-0.2, -0.15) is 0 Å². The van der Waals surface area contributed by atoms with Crippen molar-refractivity contribution in [2.45, 2.75) is 6.54 Å². The molecule has 0 saturated heterocycles. The van der Waals surface area contributed by atoms with Crippen molar-refractivity contribution < 1.29 is 27.9 Å². The maximum absolute atomic E-state index is 13.2. The lowest BCUT2D eigenvalue weighted by molar-refractivity contribution is -0.124. The summed E-state index contributed by atoms with van der Waals surface area (Å²) in [6.45, 7) is -0.647. The lowest BCUT2D eigenvalue weighted by Crippen LogP contribution is -2.42. The summed E-state index contributed by atoms with van der Waals surface area (Å²) >= 11 is 0. The number of nitrogens with zero attached hydrogens (tertiary/aromatic N) is 1. The van der Waals surface area contributed by atoms with E-state index in [9.17, 15) is 23.2 Å². The van der Waals surface area contributed by atoms with E-state index in [1.165, 1.54) is 48.4 Å². The van der Waals surface area contributed by atoms with Gasteiger partial charge in [-0.25, -0.2) is 8.78 Å². The van der Waals surface area contributed by atoms with E-state index >= 15 is 0 Å². The number of ether oxygens (including phenoxy) is 1. The molecule has 0 aliphatic carbocycles. The van der Waals surface area contributed by atoms with Gasteiger partial charge in [-0.1, -0.05) is 12.1 Å². The summed E-state index contributed by atoms with van der Waals surface area (Å²) in [6, 6.07) is 17.1. The number of carbonyl (C=O) groups is 3. The Hall–Kier alpha value is -4.27. The van der Waals surface area contributed by atoms with Crippen molar-refractivity contribution in [2.75, 3.05) is 25.5 Å². The van der Waals surface area contributed by atoms with Crippen LogP contribution in [0.5, 0.6) is 5.75 Å². The normalized spacial score (nSPS) is 10.3. The van der Waals surface area contributed by atoms with Gasteiger partial charge >= 0.3 is 0 Å². The predicted molar refractivity (Wildman–Crippen MR) is 122 cm³/mol. The Morgan fingerprint density at radius 1 is 0.824 bits per heavy atom. The minimum absolute atomic E-state index is 0.0158. The highest BCUT2D eigenvalue weighted by Gasteiger charge is 2.20. The van der Waals surface area contributed by atoms with Crippen LogP contribution >= 0.6 is 0 Å². The molecule has 0 spiro atoms. The SMILES string of the molecule is COc1ccc(NC(=O)CNC(=O)CN(Cc2ccc(F)cc2)C(=O)c2ccc(F)cc2)cc1. The number of carbonyl (C=O) groups excluding carboxylic acids is 3. The van der Waals surface area contributed by atoms with Crippen LogP contribution in [0.1, 0.15) is 15.9 Å². The van der Waals surface area contributed by atoms with E-state index in [2.05, 4.69) is 10.6 Å². The summed E-state index contributed by atoms with van der Waals surface area (Å²) < 4.78 is 31.5. The smallest absolute Gasteiger partial charge is 0.254 e. The zero-order valence-corrected chi connectivity index (χ0v) is 18.4. The van der Waals surface area contributed by atoms with Crippen molar-refractivity contribution in [3.63, 3.8) is 0 Å². The summed E-state index contributed by atoms with van der Waals surface area (Å²) in [6.07, 6.45) is 0. The van der Waals surface area contributed by atoms with Crippen molar-refractivity contribution >= 4 is 23.4 Å². The quantitative estimate of drug-likeness (QED) is 0.505. The summed E-state index contributed by atoms with van der Waals surface area (Å²) in [5, 5.41) is 5.12. The van der Waals surface area contributed by atoms with Crippen molar-refractivity contribution in [1.29, 1.82) is 0 Å². The average Bonchev–Trinajstić information content (AvgIpc) is 2.84. The van der Waals surface area contributed by atoms with Crippen LogP contribution in [-0.2, 0) is 16.1 Å². The van der Waals surface area contributed by atoms with Crippen LogP contribution in [0, 0.1) is 11.6 Å². The Kier molecular flexibility index (Phi) is 8.28. The Bertz CT molecular complexity index is 1130. The first-order valence-electron chi connectivity index (χ1n) is 10.3. The molecule has 0 aromatic heterocycles. The second-order valence-corrected chi connectivity index (χ2v) is 7.35. The highest BCUT2D eigenvalue weighted by molar-refractivity contribution is 5.98. The van der Waals surface area contributed by atoms with Gasteiger partial charge in [-0.05, 0) is 66.2 Å². The lowest BCUT2D eigenvalue weighted by atomic mass is 10.1. The molecule has 0 heterocycles. The molecule has 3 aromatic rings. The minimum Gasteiger partial charge on any atom is -0.497 e. The fourth-order valence-electron chi connectivity index (χ4n) is 3.07. The van der Waals surface area contributed by atoms with Crippen LogP contribution in [0.2, 0.25) is 0 Å². The molecular formula is C25H23F2N3O4. The van der Waals surface area contributed by atoms with E-state index in [0.29, 0.717) is 17.0 Å². The standard InChI is InChI=1S/C25H23F2N3O4/c1-34-22-12-10-21(11-13-22)29-23(31)14-28-24(32)16-30(15-17-2-6-19(26)7-3-17)25(33)18-4-8-20(27)9-5-18/h2-13H,14-16H2,1H3,(H,28,32)(H,29,31). The van der Waals surface area contributed by atoms with E-state index in [1.807, 2.05) is 0 Å². The Balaban J connectivity index is 1.62. The van der Waals surface area contributed by atoms with Crippen molar-refractivity contribution in [1.82, 2.24) is 10.2 Å². The zero-order chi connectivity index (χ0) is 24.5. The zero-order valence-electron chi connectivity index (χ0n) is 18.4. The van der Waals surface area contributed by atoms with Crippen LogP contribution in [0.4, 0.5) is 14.5 Å². The number of hydrogen-bond acceptors (Lipinski definition) is 4. The average molecular weight is 467 g/mol. The number of anilines is 1. The predicted octanol–water partition coefficient (Wildman–Crippen LogP) is 3.37. The number of nitrogens with one attached hydrogen (secondary N) is 2. The van der Waals surface area contributed by atoms with Crippen LogP contribution < -0.4 is 15.4 Å². The molecule has 0 unspecified atom stereocenters. The third-order valence-corrected chi connectivity index (χ3v) is 4.82. The third-order valence-electron chi connectivity index (χ3n) is 4.82. The fraction of sp³-hybridized carbons (Fsp3) is 0.160. The van der Waals surface area contributed by atoms with E-state index in [1.54, 1.807) is 24.3 Å². The number of benzene rings is 3. The molecule has 0 atom stereocenters. The first-order valence-corrected chi connectivity index (χ1v) is 10.3. The maximum atomic E-state index is 13.2. The highest BCUT2D eigenvalue weighted by atomic mass is 19.1. The topological polar surface area (TPSA) is 87.7 Å². The molecule has 7 nitrogen and oxygen atoms in total. The number of rotatable bonds is 9. The van der Waals surface area contributed by atoms with Gasteiger partial charge in [0.05, 0.1) is 13.7 Å². The molecule has 2 N–H and O–H groups in total. The fourth-order valence-corrected chi connectivity index (χ4v) is 3.07. The van der Waals surface area contributed by atoms with E-state index in [4.69, 9.17) is 4.74 Å². The molecule has 0 fully saturated rings. The molecule has 34 heavy (non-hydrogen) atoms. The van der Waals surface area contributed by atoms with Gasteiger partial charge in [0.15, 0.2) is 0 Å². The van der Waals surface area contributed by atoms with Crippen molar-refractivity contribution in [2.24, 2.45) is 0 Å². The van der Waals surface area contributed by atoms with Gasteiger partial charge in [-0.15, -0.1) is 0 Å². The van der Waals surface area contributed by atoms with E-state index < -0.39 is 29.4 Å². The monoisotopic (exact) mass is 467 g/mol. The third kappa shape index (κ3) is 7.13. The van der Waals surface area contributed by atoms with Crippen LogP contribution in [0.15, 0.2) is 72.8 Å². The molecule has 0 saturated carbocycles. The second-order valence-electron chi connectivity index (χ2n) is 7.35. The molecule has 0 aliphatic rings.